The summed E-state index contributed by atoms with van der Waals surface area (Å²) in [4.78, 5) is 29.0. The summed E-state index contributed by atoms with van der Waals surface area (Å²) in [6, 6.07) is 0. The zero-order valence-corrected chi connectivity index (χ0v) is 23.0. The molecule has 0 radical (unpaired) electrons. The maximum absolute atomic E-state index is 12.8. The molecule has 1 aliphatic rings. The number of thiazole rings is 1. The second kappa shape index (κ2) is 15.3. The number of aryl methyl sites for hydroxylation is 1. The van der Waals surface area contributed by atoms with E-state index in [2.05, 4.69) is 30.3 Å². The van der Waals surface area contributed by atoms with E-state index in [1.54, 1.807) is 25.2 Å². The minimum absolute atomic E-state index is 0.0286. The number of hydrogen-bond donors (Lipinski definition) is 1. The van der Waals surface area contributed by atoms with Gasteiger partial charge < -0.3 is 9.84 Å². The third kappa shape index (κ3) is 10.6. The van der Waals surface area contributed by atoms with Crippen molar-refractivity contribution >= 4 is 29.2 Å². The van der Waals surface area contributed by atoms with Gasteiger partial charge in [-0.1, -0.05) is 58.8 Å². The summed E-state index contributed by atoms with van der Waals surface area (Å²) in [7, 11) is 0. The number of aliphatic hydroxyl groups excluding tert-OH is 1. The molecular formula is C28H45NO4S. The molecule has 2 heterocycles. The van der Waals surface area contributed by atoms with Crippen molar-refractivity contribution < 1.29 is 19.4 Å². The first-order chi connectivity index (χ1) is 16.0. The number of cyclic esters (lactones) is 1. The Labute approximate surface area is 210 Å². The maximum Gasteiger partial charge on any atom is 0.308 e. The Kier molecular flexibility index (Phi) is 13.6. The van der Waals surface area contributed by atoms with E-state index >= 15 is 0 Å². The van der Waals surface area contributed by atoms with E-state index < -0.39 is 17.5 Å². The number of rotatable bonds is 2. The van der Waals surface area contributed by atoms with Crippen LogP contribution < -0.4 is 0 Å². The average molecular weight is 492 g/mol. The van der Waals surface area contributed by atoms with Crippen LogP contribution in [0.25, 0.3) is 6.08 Å². The van der Waals surface area contributed by atoms with Crippen molar-refractivity contribution in [1.29, 1.82) is 0 Å². The monoisotopic (exact) mass is 491 g/mol. The van der Waals surface area contributed by atoms with E-state index in [0.29, 0.717) is 18.9 Å². The summed E-state index contributed by atoms with van der Waals surface area (Å²) in [5.41, 5.74) is 1.53. The first-order valence-corrected chi connectivity index (χ1v) is 13.5. The van der Waals surface area contributed by atoms with Crippen molar-refractivity contribution in [2.45, 2.75) is 99.5 Å². The molecule has 5 nitrogen and oxygen atoms in total. The lowest BCUT2D eigenvalue weighted by atomic mass is 9.74. The molecule has 3 atom stereocenters. The maximum atomic E-state index is 12.8. The highest BCUT2D eigenvalue weighted by Gasteiger charge is 2.39. The molecule has 0 amide bonds. The lowest BCUT2D eigenvalue weighted by Crippen LogP contribution is -2.42. The van der Waals surface area contributed by atoms with Gasteiger partial charge in [0.15, 0.2) is 0 Å². The van der Waals surface area contributed by atoms with E-state index in [4.69, 9.17) is 4.74 Å². The van der Waals surface area contributed by atoms with Crippen LogP contribution in [0.1, 0.15) is 97.2 Å². The molecule has 1 N–H and O–H groups in total. The largest absolute Gasteiger partial charge is 0.465 e. The van der Waals surface area contributed by atoms with Crippen molar-refractivity contribution in [1.82, 2.24) is 4.98 Å². The van der Waals surface area contributed by atoms with Gasteiger partial charge >= 0.3 is 5.97 Å². The summed E-state index contributed by atoms with van der Waals surface area (Å²) in [5, 5.41) is 13.6. The summed E-state index contributed by atoms with van der Waals surface area (Å²) >= 11 is 1.68. The van der Waals surface area contributed by atoms with Crippen molar-refractivity contribution in [2.24, 2.45) is 17.3 Å². The van der Waals surface area contributed by atoms with Crippen molar-refractivity contribution in [3.05, 3.63) is 33.8 Å². The van der Waals surface area contributed by atoms with Crippen LogP contribution in [0.15, 0.2) is 23.1 Å². The van der Waals surface area contributed by atoms with Gasteiger partial charge in [0.1, 0.15) is 5.78 Å². The standard InChI is InChI=1S/C21H36O4.C7H9NS/c1-6-17-10-7-9-15(2)13-16(3)20(24)21(4,5)18(22)14-19(23)25-12-8-11-17;1-3-4-7-5-9-6(2)8-7/h11,15-16,18,22H,6-10,12-14H2,1-5H3;3-5H,1-2H3/b17-11-;4-3-. The predicted octanol–water partition coefficient (Wildman–Crippen LogP) is 6.93. The fourth-order valence-corrected chi connectivity index (χ4v) is 4.84. The van der Waals surface area contributed by atoms with Gasteiger partial charge in [0.25, 0.3) is 0 Å². The van der Waals surface area contributed by atoms with Crippen LogP contribution in [0.2, 0.25) is 0 Å². The minimum Gasteiger partial charge on any atom is -0.465 e. The van der Waals surface area contributed by atoms with Crippen LogP contribution in [0.5, 0.6) is 0 Å². The number of ketones is 1. The summed E-state index contributed by atoms with van der Waals surface area (Å²) in [6.07, 6.45) is 10.9. The SMILES string of the molecule is C/C=C\c1csc(C)n1.CC/C1=C/CCOC(=O)CC(O)C(C)(C)C(=O)C(C)CC(C)CCC1. The van der Waals surface area contributed by atoms with Gasteiger partial charge in [0.05, 0.1) is 35.2 Å². The van der Waals surface area contributed by atoms with E-state index in [1.165, 1.54) is 5.57 Å². The Morgan fingerprint density at radius 1 is 1.29 bits per heavy atom. The third-order valence-corrected chi connectivity index (χ3v) is 7.26. The Morgan fingerprint density at radius 2 is 2.00 bits per heavy atom. The molecule has 34 heavy (non-hydrogen) atoms. The van der Waals surface area contributed by atoms with E-state index in [0.717, 1.165) is 42.8 Å². The quantitative estimate of drug-likeness (QED) is 0.358. The summed E-state index contributed by atoms with van der Waals surface area (Å²) in [5.74, 6) is -0.0542. The van der Waals surface area contributed by atoms with Crippen molar-refractivity contribution in [3.8, 4) is 0 Å². The molecule has 1 aliphatic heterocycles. The molecule has 0 aromatic carbocycles. The number of allylic oxidation sites excluding steroid dienone is 2. The Balaban J connectivity index is 0.000000533. The highest BCUT2D eigenvalue weighted by atomic mass is 32.1. The highest BCUT2D eigenvalue weighted by molar-refractivity contribution is 7.09. The molecule has 0 aliphatic carbocycles. The van der Waals surface area contributed by atoms with Gasteiger partial charge in [-0.2, -0.15) is 0 Å². The number of carbonyl (C=O) groups excluding carboxylic acids is 2. The number of aliphatic hydroxyl groups is 1. The third-order valence-electron chi connectivity index (χ3n) is 6.47. The van der Waals surface area contributed by atoms with Gasteiger partial charge in [0, 0.05) is 11.3 Å². The van der Waals surface area contributed by atoms with Gasteiger partial charge in [0.2, 0.25) is 0 Å². The molecule has 0 spiro atoms. The number of aromatic nitrogens is 1. The second-order valence-electron chi connectivity index (χ2n) is 9.96. The summed E-state index contributed by atoms with van der Waals surface area (Å²) in [6.45, 7) is 14.1. The van der Waals surface area contributed by atoms with Crippen LogP contribution in [-0.2, 0) is 14.3 Å². The number of ether oxygens (including phenoxy) is 1. The first-order valence-electron chi connectivity index (χ1n) is 12.6. The number of nitrogens with zero attached hydrogens (tertiary/aromatic N) is 1. The molecule has 6 heteroatoms. The molecule has 0 bridgehead atoms. The number of Topliss-reactive ketones (excluding diaryl/α,β-unsaturated/α-hetero) is 1. The molecule has 1 aromatic heterocycles. The van der Waals surface area contributed by atoms with Gasteiger partial charge in [-0.15, -0.1) is 11.3 Å². The average Bonchev–Trinajstić information content (AvgIpc) is 3.19. The molecule has 2 rings (SSSR count). The number of esters is 1. The Hall–Kier alpha value is -1.79. The smallest absolute Gasteiger partial charge is 0.308 e. The Bertz CT molecular complexity index is 824. The molecule has 1 aromatic rings. The molecule has 0 fully saturated rings. The topological polar surface area (TPSA) is 76.5 Å². The lowest BCUT2D eigenvalue weighted by molar-refractivity contribution is -0.150. The fraction of sp³-hybridized carbons (Fsp3) is 0.679. The highest BCUT2D eigenvalue weighted by Crippen LogP contribution is 2.31. The van der Waals surface area contributed by atoms with Crippen LogP contribution in [0.4, 0.5) is 0 Å². The number of carbonyl (C=O) groups is 2. The lowest BCUT2D eigenvalue weighted by Gasteiger charge is -2.32. The van der Waals surface area contributed by atoms with E-state index in [1.807, 2.05) is 32.9 Å². The summed E-state index contributed by atoms with van der Waals surface area (Å²) < 4.78 is 5.22. The normalized spacial score (nSPS) is 26.8. The van der Waals surface area contributed by atoms with Crippen LogP contribution in [-0.4, -0.2) is 34.6 Å². The van der Waals surface area contributed by atoms with Crippen LogP contribution in [0, 0.1) is 24.2 Å². The molecule has 3 unspecified atom stereocenters. The van der Waals surface area contributed by atoms with Crippen LogP contribution >= 0.6 is 11.3 Å². The van der Waals surface area contributed by atoms with Crippen LogP contribution in [0.3, 0.4) is 0 Å². The van der Waals surface area contributed by atoms with Gasteiger partial charge in [-0.25, -0.2) is 4.98 Å². The second-order valence-corrected chi connectivity index (χ2v) is 11.0. The molecule has 0 saturated carbocycles. The first kappa shape index (κ1) is 30.2. The molecule has 192 valence electrons. The fourth-order valence-electron chi connectivity index (χ4n) is 4.26. The Morgan fingerprint density at radius 3 is 2.59 bits per heavy atom. The zero-order chi connectivity index (χ0) is 25.7. The van der Waals surface area contributed by atoms with Crippen molar-refractivity contribution in [3.63, 3.8) is 0 Å². The number of hydrogen-bond acceptors (Lipinski definition) is 6. The van der Waals surface area contributed by atoms with Gasteiger partial charge in [-0.05, 0) is 57.9 Å². The van der Waals surface area contributed by atoms with Gasteiger partial charge in [-0.3, -0.25) is 9.59 Å². The predicted molar refractivity (Wildman–Crippen MR) is 142 cm³/mol. The zero-order valence-electron chi connectivity index (χ0n) is 22.2. The molecular weight excluding hydrogens is 446 g/mol. The minimum atomic E-state index is -1.01. The molecule has 0 saturated heterocycles. The van der Waals surface area contributed by atoms with E-state index in [9.17, 15) is 14.7 Å². The van der Waals surface area contributed by atoms with Crippen molar-refractivity contribution in [2.75, 3.05) is 6.61 Å². The van der Waals surface area contributed by atoms with E-state index in [-0.39, 0.29) is 18.1 Å².